The lowest BCUT2D eigenvalue weighted by molar-refractivity contribution is 0.181. The third-order valence-corrected chi connectivity index (χ3v) is 3.70. The zero-order valence-corrected chi connectivity index (χ0v) is 13.5. The first-order chi connectivity index (χ1) is 11.0. The topological polar surface area (TPSA) is 30.5 Å². The van der Waals surface area contributed by atoms with Gasteiger partial charge in [0.25, 0.3) is 0 Å². The molecule has 0 heterocycles. The second kappa shape index (κ2) is 8.04. The van der Waals surface area contributed by atoms with Crippen molar-refractivity contribution in [2.24, 2.45) is 0 Å². The van der Waals surface area contributed by atoms with E-state index >= 15 is 0 Å². The zero-order valence-electron chi connectivity index (χ0n) is 13.5. The first-order valence-electron chi connectivity index (χ1n) is 7.38. The highest BCUT2D eigenvalue weighted by Gasteiger charge is 2.10. The Morgan fingerprint density at radius 1 is 1.04 bits per heavy atom. The van der Waals surface area contributed by atoms with Crippen molar-refractivity contribution in [1.29, 1.82) is 0 Å². The lowest BCUT2D eigenvalue weighted by Gasteiger charge is -2.16. The lowest BCUT2D eigenvalue weighted by atomic mass is 10.1. The molecule has 0 saturated heterocycles. The number of benzene rings is 2. The summed E-state index contributed by atoms with van der Waals surface area (Å²) in [7, 11) is 2.97. The highest BCUT2D eigenvalue weighted by molar-refractivity contribution is 5.31. The highest BCUT2D eigenvalue weighted by Crippen LogP contribution is 2.22. The summed E-state index contributed by atoms with van der Waals surface area (Å²) in [5.41, 5.74) is 2.29. The third-order valence-electron chi connectivity index (χ3n) is 3.70. The smallest absolute Gasteiger partial charge is 0.165 e. The van der Waals surface area contributed by atoms with Crippen molar-refractivity contribution in [1.82, 2.24) is 5.32 Å². The summed E-state index contributed by atoms with van der Waals surface area (Å²) >= 11 is 0. The van der Waals surface area contributed by atoms with Crippen LogP contribution < -0.4 is 10.1 Å². The van der Waals surface area contributed by atoms with Crippen LogP contribution >= 0.6 is 0 Å². The summed E-state index contributed by atoms with van der Waals surface area (Å²) in [5, 5.41) is 3.30. The van der Waals surface area contributed by atoms with Crippen LogP contribution in [0.3, 0.4) is 0 Å². The molecule has 0 bridgehead atoms. The Labute approximate surface area is 135 Å². The molecular formula is C18H21F2NO2. The number of hydrogen-bond acceptors (Lipinski definition) is 3. The van der Waals surface area contributed by atoms with Gasteiger partial charge in [0.1, 0.15) is 5.82 Å². The average Bonchev–Trinajstić information content (AvgIpc) is 2.55. The molecule has 23 heavy (non-hydrogen) atoms. The van der Waals surface area contributed by atoms with Gasteiger partial charge in [-0.25, -0.2) is 8.78 Å². The van der Waals surface area contributed by atoms with Gasteiger partial charge in [-0.2, -0.15) is 0 Å². The van der Waals surface area contributed by atoms with E-state index < -0.39 is 0 Å². The summed E-state index contributed by atoms with van der Waals surface area (Å²) in [4.78, 5) is 0. The molecule has 0 spiro atoms. The van der Waals surface area contributed by atoms with E-state index in [9.17, 15) is 8.78 Å². The molecule has 2 aromatic carbocycles. The maximum absolute atomic E-state index is 13.7. The van der Waals surface area contributed by atoms with Gasteiger partial charge < -0.3 is 14.8 Å². The molecular weight excluding hydrogens is 300 g/mol. The first kappa shape index (κ1) is 17.4. The Balaban J connectivity index is 2.02. The summed E-state index contributed by atoms with van der Waals surface area (Å²) in [6.45, 7) is 2.73. The van der Waals surface area contributed by atoms with Gasteiger partial charge in [-0.05, 0) is 42.3 Å². The van der Waals surface area contributed by atoms with E-state index in [0.717, 1.165) is 11.1 Å². The molecule has 3 nitrogen and oxygen atoms in total. The van der Waals surface area contributed by atoms with Gasteiger partial charge in [-0.1, -0.05) is 12.1 Å². The second-order valence-electron chi connectivity index (χ2n) is 5.36. The number of nitrogens with one attached hydrogen (secondary N) is 1. The number of methoxy groups -OCH3 is 2. The minimum atomic E-state index is -0.386. The van der Waals surface area contributed by atoms with Gasteiger partial charge in [0.05, 0.1) is 13.7 Å². The summed E-state index contributed by atoms with van der Waals surface area (Å²) in [6.07, 6.45) is 0. The van der Waals surface area contributed by atoms with E-state index in [0.29, 0.717) is 12.1 Å². The van der Waals surface area contributed by atoms with Crippen LogP contribution in [0.25, 0.3) is 0 Å². The van der Waals surface area contributed by atoms with E-state index in [2.05, 4.69) is 5.32 Å². The first-order valence-corrected chi connectivity index (χ1v) is 7.38. The Hall–Kier alpha value is -1.98. The summed E-state index contributed by atoms with van der Waals surface area (Å²) in [5.74, 6) is -0.438. The third kappa shape index (κ3) is 4.50. The molecule has 0 aliphatic rings. The van der Waals surface area contributed by atoms with Crippen LogP contribution in [0.1, 0.15) is 29.7 Å². The largest absolute Gasteiger partial charge is 0.494 e. The van der Waals surface area contributed by atoms with Crippen molar-refractivity contribution < 1.29 is 18.3 Å². The molecule has 1 N–H and O–H groups in total. The van der Waals surface area contributed by atoms with Crippen LogP contribution in [0.2, 0.25) is 0 Å². The van der Waals surface area contributed by atoms with E-state index in [1.54, 1.807) is 18.2 Å². The maximum atomic E-state index is 13.7. The molecule has 0 unspecified atom stereocenters. The number of halogens is 2. The van der Waals surface area contributed by atoms with Gasteiger partial charge in [-0.15, -0.1) is 0 Å². The molecule has 2 aromatic rings. The Kier molecular flexibility index (Phi) is 6.07. The van der Waals surface area contributed by atoms with E-state index in [1.807, 2.05) is 13.0 Å². The van der Waals surface area contributed by atoms with Crippen LogP contribution in [0.4, 0.5) is 8.78 Å². The van der Waals surface area contributed by atoms with Crippen LogP contribution in [0, 0.1) is 11.6 Å². The molecule has 0 fully saturated rings. The standard InChI is InChI=1S/C18H21F2NO2/c1-12(14-5-7-18(23-3)17(20)9-14)21-10-13-4-6-16(19)15(8-13)11-22-2/h4-9,12,21H,10-11H2,1-3H3/t12-/m0/s1. The summed E-state index contributed by atoms with van der Waals surface area (Å²) in [6, 6.07) is 9.76. The minimum absolute atomic E-state index is 0.0497. The van der Waals surface area contributed by atoms with Crippen LogP contribution in [-0.2, 0) is 17.9 Å². The Morgan fingerprint density at radius 2 is 1.83 bits per heavy atom. The molecule has 0 aliphatic heterocycles. The number of rotatable bonds is 7. The second-order valence-corrected chi connectivity index (χ2v) is 5.36. The molecule has 1 atom stereocenters. The molecule has 0 aromatic heterocycles. The average molecular weight is 321 g/mol. The van der Waals surface area contributed by atoms with Gasteiger partial charge in [0.15, 0.2) is 11.6 Å². The normalized spacial score (nSPS) is 12.2. The van der Waals surface area contributed by atoms with Crippen molar-refractivity contribution in [2.75, 3.05) is 14.2 Å². The molecule has 0 radical (unpaired) electrons. The van der Waals surface area contributed by atoms with Crippen molar-refractivity contribution >= 4 is 0 Å². The van der Waals surface area contributed by atoms with Crippen molar-refractivity contribution in [3.8, 4) is 5.75 Å². The SMILES string of the molecule is COCc1cc(CN[C@@H](C)c2ccc(OC)c(F)c2)ccc1F. The Bertz CT molecular complexity index is 661. The molecule has 0 saturated carbocycles. The van der Waals surface area contributed by atoms with Gasteiger partial charge in [0, 0.05) is 25.3 Å². The van der Waals surface area contributed by atoms with E-state index in [-0.39, 0.29) is 30.0 Å². The number of ether oxygens (including phenoxy) is 2. The molecule has 0 aliphatic carbocycles. The van der Waals surface area contributed by atoms with Gasteiger partial charge >= 0.3 is 0 Å². The molecule has 2 rings (SSSR count). The molecule has 0 amide bonds. The lowest BCUT2D eigenvalue weighted by Crippen LogP contribution is -2.18. The Morgan fingerprint density at radius 3 is 2.48 bits per heavy atom. The van der Waals surface area contributed by atoms with Crippen LogP contribution in [0.5, 0.6) is 5.75 Å². The van der Waals surface area contributed by atoms with Crippen LogP contribution in [-0.4, -0.2) is 14.2 Å². The van der Waals surface area contributed by atoms with Gasteiger partial charge in [0.2, 0.25) is 0 Å². The summed E-state index contributed by atoms with van der Waals surface area (Å²) < 4.78 is 37.2. The fourth-order valence-electron chi connectivity index (χ4n) is 2.34. The zero-order chi connectivity index (χ0) is 16.8. The minimum Gasteiger partial charge on any atom is -0.494 e. The van der Waals surface area contributed by atoms with Crippen molar-refractivity contribution in [3.63, 3.8) is 0 Å². The van der Waals surface area contributed by atoms with Gasteiger partial charge in [-0.3, -0.25) is 0 Å². The maximum Gasteiger partial charge on any atom is 0.165 e. The molecule has 124 valence electrons. The highest BCUT2D eigenvalue weighted by atomic mass is 19.1. The monoisotopic (exact) mass is 321 g/mol. The number of hydrogen-bond donors (Lipinski definition) is 1. The van der Waals surface area contributed by atoms with Crippen molar-refractivity contribution in [3.05, 3.63) is 64.7 Å². The predicted octanol–water partition coefficient (Wildman–Crippen LogP) is 3.97. The fraction of sp³-hybridized carbons (Fsp3) is 0.333. The van der Waals surface area contributed by atoms with E-state index in [1.165, 1.54) is 26.4 Å². The van der Waals surface area contributed by atoms with Crippen molar-refractivity contribution in [2.45, 2.75) is 26.1 Å². The fourth-order valence-corrected chi connectivity index (χ4v) is 2.34. The van der Waals surface area contributed by atoms with E-state index in [4.69, 9.17) is 9.47 Å². The molecule has 5 heteroatoms. The van der Waals surface area contributed by atoms with Crippen LogP contribution in [0.15, 0.2) is 36.4 Å². The quantitative estimate of drug-likeness (QED) is 0.837. The predicted molar refractivity (Wildman–Crippen MR) is 85.3 cm³/mol.